The van der Waals surface area contributed by atoms with Gasteiger partial charge in [-0.25, -0.2) is 4.98 Å². The molecular formula is C30H51N3O4S. The number of carbonyl (C=O) groups is 3. The van der Waals surface area contributed by atoms with Gasteiger partial charge in [0.25, 0.3) is 5.91 Å². The van der Waals surface area contributed by atoms with E-state index in [4.69, 9.17) is 5.11 Å². The maximum absolute atomic E-state index is 11.8. The third-order valence-corrected chi connectivity index (χ3v) is 6.47. The minimum Gasteiger partial charge on any atom is -0.396 e. The molecule has 1 aromatic carbocycles. The molecule has 0 aliphatic rings. The minimum absolute atomic E-state index is 0.0324. The first-order valence-corrected chi connectivity index (χ1v) is 14.5. The second-order valence-corrected chi connectivity index (χ2v) is 10.4. The first-order valence-electron chi connectivity index (χ1n) is 13.6. The van der Waals surface area contributed by atoms with E-state index < -0.39 is 0 Å². The van der Waals surface area contributed by atoms with Gasteiger partial charge in [0.1, 0.15) is 11.6 Å². The molecule has 38 heavy (non-hydrogen) atoms. The number of aliphatic hydroxyl groups is 1. The van der Waals surface area contributed by atoms with Gasteiger partial charge < -0.3 is 15.7 Å². The van der Waals surface area contributed by atoms with Gasteiger partial charge in [0.2, 0.25) is 0 Å². The molecule has 0 aliphatic carbocycles. The van der Waals surface area contributed by atoms with Crippen molar-refractivity contribution in [3.63, 3.8) is 0 Å². The molecule has 0 spiro atoms. The Morgan fingerprint density at radius 1 is 1.05 bits per heavy atom. The molecule has 0 aliphatic heterocycles. The quantitative estimate of drug-likeness (QED) is 0.273. The molecule has 0 unspecified atom stereocenters. The Hall–Kier alpha value is -2.58. The number of hydrogen-bond acceptors (Lipinski definition) is 7. The van der Waals surface area contributed by atoms with E-state index in [-0.39, 0.29) is 36.5 Å². The Kier molecular flexibility index (Phi) is 21.1. The molecule has 2 rings (SSSR count). The highest BCUT2D eigenvalue weighted by Crippen LogP contribution is 2.25. The topological polar surface area (TPSA) is 108 Å². The summed E-state index contributed by atoms with van der Waals surface area (Å²) in [5.74, 6) is -0.459. The van der Waals surface area contributed by atoms with Crippen molar-refractivity contribution in [2.45, 2.75) is 94.9 Å². The number of nitrogens with one attached hydrogen (secondary N) is 2. The Labute approximate surface area is 234 Å². The molecule has 0 saturated carbocycles. The maximum Gasteiger partial charge on any atom is 0.251 e. The van der Waals surface area contributed by atoms with Crippen molar-refractivity contribution in [2.24, 2.45) is 11.3 Å². The van der Waals surface area contributed by atoms with Crippen molar-refractivity contribution in [1.29, 1.82) is 0 Å². The summed E-state index contributed by atoms with van der Waals surface area (Å²) in [6, 6.07) is 7.06. The van der Waals surface area contributed by atoms with Crippen LogP contribution in [0.4, 0.5) is 10.8 Å². The van der Waals surface area contributed by atoms with Gasteiger partial charge in [-0.05, 0) is 56.4 Å². The molecule has 1 atom stereocenters. The maximum atomic E-state index is 11.8. The molecule has 0 bridgehead atoms. The molecular weight excluding hydrogens is 498 g/mol. The fourth-order valence-electron chi connectivity index (χ4n) is 2.64. The predicted molar refractivity (Wildman–Crippen MR) is 161 cm³/mol. The number of aliphatic hydroxyl groups excluding tert-OH is 1. The standard InChI is InChI=1S/C15H17N3O2S.C8H18.C5H10O2.C2H6/c1-3-12-9-21-15(17-12)18-13-6-4-11(5-7-13)14(20)16-8-10(2)19;1-5-7-8(3,4)6-2;1-4(3-6)5(2)7;1-2/h4-7,9H,3,8H2,1-2H3,(H,16,20)(H,17,18);5-7H2,1-4H3;4,6H,3H2,1-2H3;1-2H3/t;;4-;/m..0./s1. The summed E-state index contributed by atoms with van der Waals surface area (Å²) in [5, 5.41) is 16.9. The second-order valence-electron chi connectivity index (χ2n) is 9.55. The zero-order valence-electron chi connectivity index (χ0n) is 25.2. The zero-order valence-corrected chi connectivity index (χ0v) is 26.1. The van der Waals surface area contributed by atoms with Crippen molar-refractivity contribution >= 4 is 39.6 Å². The van der Waals surface area contributed by atoms with E-state index in [1.807, 2.05) is 31.4 Å². The van der Waals surface area contributed by atoms with Crippen LogP contribution in [-0.4, -0.2) is 40.7 Å². The Morgan fingerprint density at radius 3 is 1.97 bits per heavy atom. The van der Waals surface area contributed by atoms with E-state index in [2.05, 4.69) is 50.2 Å². The SMILES string of the molecule is CC.CC(=O)[C@@H](C)CO.CCCC(C)(C)CC.CCc1csc(Nc2ccc(C(=O)NCC(C)=O)cc2)n1. The van der Waals surface area contributed by atoms with Crippen molar-refractivity contribution in [3.8, 4) is 0 Å². The summed E-state index contributed by atoms with van der Waals surface area (Å²) in [7, 11) is 0. The summed E-state index contributed by atoms with van der Waals surface area (Å²) < 4.78 is 0. The summed E-state index contributed by atoms with van der Waals surface area (Å²) in [6.45, 7) is 19.9. The summed E-state index contributed by atoms with van der Waals surface area (Å²) in [4.78, 5) is 37.2. The molecule has 0 fully saturated rings. The van der Waals surface area contributed by atoms with Crippen LogP contribution < -0.4 is 10.6 Å². The number of amides is 1. The molecule has 1 heterocycles. The number of hydrogen-bond donors (Lipinski definition) is 3. The molecule has 1 amide bonds. The fraction of sp³-hybridized carbons (Fsp3) is 0.600. The van der Waals surface area contributed by atoms with E-state index in [0.29, 0.717) is 11.0 Å². The number of ketones is 2. The molecule has 8 heteroatoms. The van der Waals surface area contributed by atoms with Crippen molar-refractivity contribution in [1.82, 2.24) is 10.3 Å². The number of anilines is 2. The zero-order chi connectivity index (χ0) is 29.7. The number of carbonyl (C=O) groups excluding carboxylic acids is 3. The first-order chi connectivity index (χ1) is 17.9. The van der Waals surface area contributed by atoms with Gasteiger partial charge in [0.05, 0.1) is 18.8 Å². The van der Waals surface area contributed by atoms with Crippen LogP contribution in [0.1, 0.15) is 105 Å². The largest absolute Gasteiger partial charge is 0.396 e. The molecule has 2 aromatic rings. The van der Waals surface area contributed by atoms with Gasteiger partial charge in [-0.3, -0.25) is 14.4 Å². The molecule has 0 saturated heterocycles. The number of nitrogens with zero attached hydrogens (tertiary/aromatic N) is 1. The van der Waals surface area contributed by atoms with Gasteiger partial charge >= 0.3 is 0 Å². The van der Waals surface area contributed by atoms with Gasteiger partial charge in [-0.15, -0.1) is 11.3 Å². The van der Waals surface area contributed by atoms with Gasteiger partial charge in [0, 0.05) is 22.5 Å². The van der Waals surface area contributed by atoms with E-state index in [1.54, 1.807) is 30.4 Å². The number of rotatable bonds is 11. The minimum atomic E-state index is -0.251. The highest BCUT2D eigenvalue weighted by atomic mass is 32.1. The van der Waals surface area contributed by atoms with Crippen molar-refractivity contribution < 1.29 is 19.5 Å². The van der Waals surface area contributed by atoms with Crippen LogP contribution in [0, 0.1) is 11.3 Å². The lowest BCUT2D eigenvalue weighted by Crippen LogP contribution is -2.28. The highest BCUT2D eigenvalue weighted by molar-refractivity contribution is 7.13. The van der Waals surface area contributed by atoms with Gasteiger partial charge in [-0.1, -0.05) is 68.2 Å². The van der Waals surface area contributed by atoms with E-state index >= 15 is 0 Å². The Bertz CT molecular complexity index is 924. The summed E-state index contributed by atoms with van der Waals surface area (Å²) in [6.07, 6.45) is 4.90. The third kappa shape index (κ3) is 17.8. The fourth-order valence-corrected chi connectivity index (χ4v) is 3.46. The van der Waals surface area contributed by atoms with Gasteiger partial charge in [0.15, 0.2) is 5.13 Å². The Morgan fingerprint density at radius 2 is 1.63 bits per heavy atom. The lowest BCUT2D eigenvalue weighted by Gasteiger charge is -2.20. The smallest absolute Gasteiger partial charge is 0.251 e. The van der Waals surface area contributed by atoms with Crippen LogP contribution >= 0.6 is 11.3 Å². The molecule has 3 N–H and O–H groups in total. The predicted octanol–water partition coefficient (Wildman–Crippen LogP) is 7.22. The molecule has 216 valence electrons. The number of thiazole rings is 1. The van der Waals surface area contributed by atoms with E-state index in [9.17, 15) is 14.4 Å². The number of benzene rings is 1. The second kappa shape index (κ2) is 21.4. The van der Waals surface area contributed by atoms with Crippen LogP contribution in [0.15, 0.2) is 29.6 Å². The average Bonchev–Trinajstić information content (AvgIpc) is 3.36. The highest BCUT2D eigenvalue weighted by Gasteiger charge is 2.12. The van der Waals surface area contributed by atoms with Crippen molar-refractivity contribution in [3.05, 3.63) is 40.9 Å². The molecule has 7 nitrogen and oxygen atoms in total. The van der Waals surface area contributed by atoms with Crippen LogP contribution in [0.2, 0.25) is 0 Å². The van der Waals surface area contributed by atoms with Crippen LogP contribution in [0.25, 0.3) is 0 Å². The normalized spacial score (nSPS) is 10.8. The monoisotopic (exact) mass is 549 g/mol. The van der Waals surface area contributed by atoms with E-state index in [1.165, 1.54) is 33.1 Å². The number of aromatic nitrogens is 1. The van der Waals surface area contributed by atoms with Crippen LogP contribution in [-0.2, 0) is 16.0 Å². The third-order valence-electron chi connectivity index (χ3n) is 5.66. The Balaban J connectivity index is 0. The van der Waals surface area contributed by atoms with Crippen molar-refractivity contribution in [2.75, 3.05) is 18.5 Å². The van der Waals surface area contributed by atoms with Gasteiger partial charge in [-0.2, -0.15) is 0 Å². The first kappa shape index (κ1) is 37.6. The molecule has 1 aromatic heterocycles. The number of Topliss-reactive ketones (excluding diaryl/α,β-unsaturated/α-hetero) is 2. The molecule has 0 radical (unpaired) electrons. The van der Waals surface area contributed by atoms with E-state index in [0.717, 1.165) is 22.9 Å². The van der Waals surface area contributed by atoms with Crippen LogP contribution in [0.5, 0.6) is 0 Å². The average molecular weight is 550 g/mol. The summed E-state index contributed by atoms with van der Waals surface area (Å²) >= 11 is 1.55. The number of aryl methyl sites for hydroxylation is 1. The van der Waals surface area contributed by atoms with Crippen LogP contribution in [0.3, 0.4) is 0 Å². The lowest BCUT2D eigenvalue weighted by molar-refractivity contribution is -0.121. The lowest BCUT2D eigenvalue weighted by atomic mass is 9.86. The summed E-state index contributed by atoms with van der Waals surface area (Å²) in [5.41, 5.74) is 3.04.